The Morgan fingerprint density at radius 3 is 2.84 bits per heavy atom. The van der Waals surface area contributed by atoms with Gasteiger partial charge in [-0.15, -0.1) is 11.3 Å². The minimum absolute atomic E-state index is 0.0984. The van der Waals surface area contributed by atoms with Crippen LogP contribution < -0.4 is 5.32 Å². The van der Waals surface area contributed by atoms with Crippen molar-refractivity contribution in [2.24, 2.45) is 0 Å². The maximum Gasteiger partial charge on any atom is 0.229 e. The lowest BCUT2D eigenvalue weighted by Gasteiger charge is -2.07. The maximum atomic E-state index is 12.5. The van der Waals surface area contributed by atoms with E-state index in [1.54, 1.807) is 36.5 Å². The molecule has 3 heterocycles. The fraction of sp³-hybridized carbons (Fsp3) is 0.0556. The average molecular weight is 347 g/mol. The van der Waals surface area contributed by atoms with Crippen molar-refractivity contribution < 1.29 is 4.79 Å². The third-order valence-electron chi connectivity index (χ3n) is 3.75. The predicted octanol–water partition coefficient (Wildman–Crippen LogP) is 3.33. The zero-order chi connectivity index (χ0) is 17.1. The molecular weight excluding hydrogens is 334 g/mol. The summed E-state index contributed by atoms with van der Waals surface area (Å²) < 4.78 is 0. The van der Waals surface area contributed by atoms with Gasteiger partial charge in [-0.2, -0.15) is 0 Å². The van der Waals surface area contributed by atoms with Gasteiger partial charge in [0, 0.05) is 30.2 Å². The van der Waals surface area contributed by atoms with Crippen molar-refractivity contribution in [2.75, 3.05) is 5.32 Å². The van der Waals surface area contributed by atoms with Gasteiger partial charge in [0.2, 0.25) is 5.91 Å². The third-order valence-corrected chi connectivity index (χ3v) is 4.49. The van der Waals surface area contributed by atoms with E-state index in [0.717, 1.165) is 16.3 Å². The molecule has 0 aliphatic rings. The second-order valence-electron chi connectivity index (χ2n) is 5.36. The Morgan fingerprint density at radius 1 is 1.04 bits per heavy atom. The first kappa shape index (κ1) is 15.3. The SMILES string of the molecule is O=C(Cc1cccc2cnccc12)Nc1scnc1-c1cnccn1. The highest BCUT2D eigenvalue weighted by Gasteiger charge is 2.14. The molecule has 0 fully saturated rings. The summed E-state index contributed by atoms with van der Waals surface area (Å²) >= 11 is 1.37. The van der Waals surface area contributed by atoms with E-state index >= 15 is 0 Å². The fourth-order valence-electron chi connectivity index (χ4n) is 2.63. The zero-order valence-corrected chi connectivity index (χ0v) is 13.9. The minimum Gasteiger partial charge on any atom is -0.316 e. The fourth-order valence-corrected chi connectivity index (χ4v) is 3.33. The number of hydrogen-bond donors (Lipinski definition) is 1. The number of benzene rings is 1. The number of fused-ring (bicyclic) bond motifs is 1. The number of nitrogens with zero attached hydrogens (tertiary/aromatic N) is 4. The lowest BCUT2D eigenvalue weighted by atomic mass is 10.0. The number of rotatable bonds is 4. The summed E-state index contributed by atoms with van der Waals surface area (Å²) in [7, 11) is 0. The number of carbonyl (C=O) groups is 1. The molecule has 0 radical (unpaired) electrons. The molecule has 122 valence electrons. The molecule has 0 spiro atoms. The summed E-state index contributed by atoms with van der Waals surface area (Å²) in [5.41, 5.74) is 3.91. The van der Waals surface area contributed by atoms with Gasteiger partial charge in [0.15, 0.2) is 0 Å². The average Bonchev–Trinajstić information content (AvgIpc) is 3.11. The molecule has 0 saturated carbocycles. The number of amides is 1. The van der Waals surface area contributed by atoms with Gasteiger partial charge in [-0.1, -0.05) is 18.2 Å². The van der Waals surface area contributed by atoms with E-state index in [-0.39, 0.29) is 12.3 Å². The molecule has 6 nitrogen and oxygen atoms in total. The predicted molar refractivity (Wildman–Crippen MR) is 97.2 cm³/mol. The van der Waals surface area contributed by atoms with E-state index in [0.29, 0.717) is 16.4 Å². The van der Waals surface area contributed by atoms with Crippen LogP contribution in [0.2, 0.25) is 0 Å². The summed E-state index contributed by atoms with van der Waals surface area (Å²) in [6.45, 7) is 0. The highest BCUT2D eigenvalue weighted by atomic mass is 32.1. The molecule has 1 N–H and O–H groups in total. The number of thiazole rings is 1. The van der Waals surface area contributed by atoms with Crippen molar-refractivity contribution >= 4 is 33.0 Å². The normalized spacial score (nSPS) is 10.7. The van der Waals surface area contributed by atoms with Crippen molar-refractivity contribution in [2.45, 2.75) is 6.42 Å². The van der Waals surface area contributed by atoms with Crippen LogP contribution in [0.25, 0.3) is 22.2 Å². The van der Waals surface area contributed by atoms with E-state index < -0.39 is 0 Å². The molecule has 7 heteroatoms. The van der Waals surface area contributed by atoms with Crippen molar-refractivity contribution in [1.82, 2.24) is 19.9 Å². The van der Waals surface area contributed by atoms with E-state index in [4.69, 9.17) is 0 Å². The summed E-state index contributed by atoms with van der Waals surface area (Å²) in [6, 6.07) is 7.80. The van der Waals surface area contributed by atoms with E-state index in [9.17, 15) is 4.79 Å². The van der Waals surface area contributed by atoms with Crippen LogP contribution in [0.1, 0.15) is 5.56 Å². The molecule has 4 rings (SSSR count). The standard InChI is InChI=1S/C18H13N5OS/c24-16(8-12-2-1-3-13-9-19-5-4-14(12)13)23-18-17(22-11-25-18)15-10-20-6-7-21-15/h1-7,9-11H,8H2,(H,23,24). The molecular formula is C18H13N5OS. The molecule has 0 unspecified atom stereocenters. The second kappa shape index (κ2) is 6.74. The van der Waals surface area contributed by atoms with E-state index in [2.05, 4.69) is 25.3 Å². The van der Waals surface area contributed by atoms with Gasteiger partial charge in [-0.3, -0.25) is 19.7 Å². The molecule has 25 heavy (non-hydrogen) atoms. The van der Waals surface area contributed by atoms with E-state index in [1.165, 1.54) is 11.3 Å². The number of nitrogens with one attached hydrogen (secondary N) is 1. The molecule has 0 atom stereocenters. The number of pyridine rings is 1. The highest BCUT2D eigenvalue weighted by molar-refractivity contribution is 7.14. The summed E-state index contributed by atoms with van der Waals surface area (Å²) in [5, 5.41) is 5.66. The van der Waals surface area contributed by atoms with Crippen molar-refractivity contribution in [3.05, 3.63) is 66.3 Å². The first-order valence-corrected chi connectivity index (χ1v) is 8.50. The molecule has 1 aromatic carbocycles. The molecule has 0 bridgehead atoms. The number of hydrogen-bond acceptors (Lipinski definition) is 6. The molecule has 1 amide bonds. The highest BCUT2D eigenvalue weighted by Crippen LogP contribution is 2.29. The van der Waals surface area contributed by atoms with Crippen LogP contribution in [0.15, 0.2) is 60.8 Å². The monoisotopic (exact) mass is 347 g/mol. The van der Waals surface area contributed by atoms with Crippen LogP contribution in [0.5, 0.6) is 0 Å². The van der Waals surface area contributed by atoms with Crippen molar-refractivity contribution in [3.8, 4) is 11.4 Å². The van der Waals surface area contributed by atoms with Crippen LogP contribution in [-0.2, 0) is 11.2 Å². The van der Waals surface area contributed by atoms with Gasteiger partial charge in [0.05, 0.1) is 18.1 Å². The van der Waals surface area contributed by atoms with Crippen molar-refractivity contribution in [1.29, 1.82) is 0 Å². The van der Waals surface area contributed by atoms with Gasteiger partial charge in [-0.25, -0.2) is 4.98 Å². The van der Waals surface area contributed by atoms with Crippen LogP contribution in [0, 0.1) is 0 Å². The smallest absolute Gasteiger partial charge is 0.229 e. The van der Waals surface area contributed by atoms with Gasteiger partial charge in [0.25, 0.3) is 0 Å². The summed E-state index contributed by atoms with van der Waals surface area (Å²) in [4.78, 5) is 29.2. The van der Waals surface area contributed by atoms with Gasteiger partial charge < -0.3 is 5.32 Å². The third kappa shape index (κ3) is 3.22. The molecule has 0 aliphatic carbocycles. The first-order chi connectivity index (χ1) is 12.3. The lowest BCUT2D eigenvalue weighted by Crippen LogP contribution is -2.14. The number of carbonyl (C=O) groups excluding carboxylic acids is 1. The van der Waals surface area contributed by atoms with Gasteiger partial charge in [0.1, 0.15) is 16.4 Å². The topological polar surface area (TPSA) is 80.7 Å². The molecule has 0 aliphatic heterocycles. The minimum atomic E-state index is -0.0984. The van der Waals surface area contributed by atoms with Crippen LogP contribution in [-0.4, -0.2) is 25.8 Å². The Hall–Kier alpha value is -3.19. The molecule has 4 aromatic rings. The largest absolute Gasteiger partial charge is 0.316 e. The second-order valence-corrected chi connectivity index (χ2v) is 6.21. The van der Waals surface area contributed by atoms with Crippen LogP contribution in [0.4, 0.5) is 5.00 Å². The molecule has 0 saturated heterocycles. The zero-order valence-electron chi connectivity index (χ0n) is 13.1. The summed E-state index contributed by atoms with van der Waals surface area (Å²) in [5.74, 6) is -0.0984. The Bertz CT molecular complexity index is 1030. The Balaban J connectivity index is 1.57. The lowest BCUT2D eigenvalue weighted by molar-refractivity contribution is -0.115. The molecule has 3 aromatic heterocycles. The van der Waals surface area contributed by atoms with Gasteiger partial charge >= 0.3 is 0 Å². The number of aromatic nitrogens is 4. The quantitative estimate of drug-likeness (QED) is 0.612. The van der Waals surface area contributed by atoms with Gasteiger partial charge in [-0.05, 0) is 17.0 Å². The van der Waals surface area contributed by atoms with Crippen molar-refractivity contribution in [3.63, 3.8) is 0 Å². The Labute approximate surface area is 147 Å². The first-order valence-electron chi connectivity index (χ1n) is 7.62. The van der Waals surface area contributed by atoms with Crippen LogP contribution >= 0.6 is 11.3 Å². The Kier molecular flexibility index (Phi) is 4.14. The number of anilines is 1. The van der Waals surface area contributed by atoms with E-state index in [1.807, 2.05) is 24.3 Å². The maximum absolute atomic E-state index is 12.5. The summed E-state index contributed by atoms with van der Waals surface area (Å²) in [6.07, 6.45) is 8.64. The Morgan fingerprint density at radius 2 is 1.96 bits per heavy atom. The van der Waals surface area contributed by atoms with Crippen LogP contribution in [0.3, 0.4) is 0 Å².